The highest BCUT2D eigenvalue weighted by Crippen LogP contribution is 2.35. The first-order valence-corrected chi connectivity index (χ1v) is 13.2. The summed E-state index contributed by atoms with van der Waals surface area (Å²) in [6.07, 6.45) is 5.52. The minimum Gasteiger partial charge on any atom is -0.438 e. The van der Waals surface area contributed by atoms with Gasteiger partial charge in [-0.2, -0.15) is 8.42 Å². The summed E-state index contributed by atoms with van der Waals surface area (Å²) in [6, 6.07) is 11.5. The quantitative estimate of drug-likeness (QED) is 0.497. The van der Waals surface area contributed by atoms with Crippen molar-refractivity contribution in [2.45, 2.75) is 63.8 Å². The molecular weight excluding hydrogens is 464 g/mol. The molecule has 0 aliphatic heterocycles. The van der Waals surface area contributed by atoms with Crippen molar-refractivity contribution in [2.24, 2.45) is 0 Å². The smallest absolute Gasteiger partial charge is 0.281 e. The number of hydrogen-bond acceptors (Lipinski definition) is 7. The second-order valence-electron chi connectivity index (χ2n) is 9.09. The minimum absolute atomic E-state index is 0.0245. The van der Waals surface area contributed by atoms with E-state index < -0.39 is 15.9 Å². The average molecular weight is 495 g/mol. The van der Waals surface area contributed by atoms with Gasteiger partial charge in [0.1, 0.15) is 17.1 Å². The summed E-state index contributed by atoms with van der Waals surface area (Å²) in [5, 5.41) is -0.342. The summed E-state index contributed by atoms with van der Waals surface area (Å²) in [5.41, 5.74) is 9.38. The van der Waals surface area contributed by atoms with Crippen LogP contribution in [0.4, 0.5) is 5.82 Å². The molecule has 0 atom stereocenters. The van der Waals surface area contributed by atoms with Crippen LogP contribution in [0.1, 0.15) is 70.8 Å². The Labute approximate surface area is 206 Å². The molecule has 1 saturated carbocycles. The molecule has 0 saturated heterocycles. The van der Waals surface area contributed by atoms with Gasteiger partial charge in [-0.15, -0.1) is 0 Å². The Bertz CT molecular complexity index is 1340. The van der Waals surface area contributed by atoms with Crippen molar-refractivity contribution in [3.63, 3.8) is 0 Å². The molecular formula is C26H30N4O4S. The van der Waals surface area contributed by atoms with Crippen LogP contribution in [0, 0.1) is 20.8 Å². The molecule has 184 valence electrons. The number of sulfonamides is 1. The second kappa shape index (κ2) is 10.0. The van der Waals surface area contributed by atoms with Crippen molar-refractivity contribution in [2.75, 3.05) is 5.73 Å². The molecule has 1 fully saturated rings. The summed E-state index contributed by atoms with van der Waals surface area (Å²) >= 11 is 0. The Balaban J connectivity index is 1.72. The average Bonchev–Trinajstić information content (AvgIpc) is 2.81. The van der Waals surface area contributed by atoms with E-state index in [0.717, 1.165) is 48.1 Å². The van der Waals surface area contributed by atoms with Crippen molar-refractivity contribution in [1.82, 2.24) is 14.7 Å². The van der Waals surface area contributed by atoms with E-state index in [1.807, 2.05) is 32.9 Å². The first kappa shape index (κ1) is 24.7. The van der Waals surface area contributed by atoms with E-state index in [9.17, 15) is 13.2 Å². The number of aryl methyl sites for hydroxylation is 3. The number of amides is 1. The number of carbonyl (C=O) groups is 1. The second-order valence-corrected chi connectivity index (χ2v) is 10.7. The lowest BCUT2D eigenvalue weighted by atomic mass is 9.86. The third kappa shape index (κ3) is 5.62. The number of pyridine rings is 2. The van der Waals surface area contributed by atoms with Crippen LogP contribution in [-0.4, -0.2) is 24.3 Å². The Morgan fingerprint density at radius 1 is 1.00 bits per heavy atom. The molecule has 1 aliphatic rings. The number of hydrogen-bond donors (Lipinski definition) is 2. The maximum atomic E-state index is 13.2. The van der Waals surface area contributed by atoms with Crippen molar-refractivity contribution in [3.8, 4) is 11.6 Å². The monoisotopic (exact) mass is 494 g/mol. The molecule has 1 aromatic carbocycles. The van der Waals surface area contributed by atoms with E-state index in [1.165, 1.54) is 24.6 Å². The van der Waals surface area contributed by atoms with Crippen LogP contribution >= 0.6 is 0 Å². The Morgan fingerprint density at radius 2 is 1.69 bits per heavy atom. The molecule has 0 bridgehead atoms. The zero-order valence-electron chi connectivity index (χ0n) is 20.2. The third-order valence-corrected chi connectivity index (χ3v) is 7.43. The Kier molecular flexibility index (Phi) is 7.07. The fourth-order valence-electron chi connectivity index (χ4n) is 4.57. The SMILES string of the molecule is Cc1cc(C)c(Oc2nc(C3CCCCC3)ccc2C(=O)NS(=O)(=O)c2cccc(N)n2)c(C)c1. The Morgan fingerprint density at radius 3 is 2.34 bits per heavy atom. The molecule has 0 spiro atoms. The number of nitrogens with two attached hydrogens (primary N) is 1. The number of nitrogens with one attached hydrogen (secondary N) is 1. The molecule has 8 nitrogen and oxygen atoms in total. The highest BCUT2D eigenvalue weighted by Gasteiger charge is 2.26. The van der Waals surface area contributed by atoms with Gasteiger partial charge in [0.2, 0.25) is 5.88 Å². The fourth-order valence-corrected chi connectivity index (χ4v) is 5.51. The van der Waals surface area contributed by atoms with Crippen molar-refractivity contribution >= 4 is 21.7 Å². The van der Waals surface area contributed by atoms with Crippen LogP contribution in [0.3, 0.4) is 0 Å². The van der Waals surface area contributed by atoms with Gasteiger partial charge < -0.3 is 10.5 Å². The molecule has 3 aromatic rings. The lowest BCUT2D eigenvalue weighted by Gasteiger charge is -2.22. The number of anilines is 1. The lowest BCUT2D eigenvalue weighted by molar-refractivity contribution is 0.0978. The standard InChI is InChI=1S/C26H30N4O4S/c1-16-14-17(2)24(18(3)15-16)34-26-20(12-13-21(28-26)19-8-5-4-6-9-19)25(31)30-35(32,33)23-11-7-10-22(27)29-23/h7,10-15,19H,4-6,8-9H2,1-3H3,(H2,27,29)(H,30,31). The summed E-state index contributed by atoms with van der Waals surface area (Å²) in [5.74, 6) is 0.140. The zero-order valence-corrected chi connectivity index (χ0v) is 21.0. The summed E-state index contributed by atoms with van der Waals surface area (Å²) in [6.45, 7) is 5.85. The van der Waals surface area contributed by atoms with Gasteiger partial charge in [0.15, 0.2) is 5.03 Å². The van der Waals surface area contributed by atoms with Gasteiger partial charge in [0.05, 0.1) is 0 Å². The summed E-state index contributed by atoms with van der Waals surface area (Å²) in [4.78, 5) is 21.7. The van der Waals surface area contributed by atoms with E-state index in [4.69, 9.17) is 15.5 Å². The van der Waals surface area contributed by atoms with Gasteiger partial charge in [0.25, 0.3) is 15.9 Å². The van der Waals surface area contributed by atoms with Crippen LogP contribution in [0.2, 0.25) is 0 Å². The zero-order chi connectivity index (χ0) is 25.2. The van der Waals surface area contributed by atoms with Crippen molar-refractivity contribution < 1.29 is 17.9 Å². The number of aromatic nitrogens is 2. The van der Waals surface area contributed by atoms with E-state index in [1.54, 1.807) is 12.1 Å². The van der Waals surface area contributed by atoms with Gasteiger partial charge in [0, 0.05) is 11.6 Å². The molecule has 2 heterocycles. The first-order chi connectivity index (χ1) is 16.6. The van der Waals surface area contributed by atoms with Gasteiger partial charge >= 0.3 is 0 Å². The molecule has 9 heteroatoms. The summed E-state index contributed by atoms with van der Waals surface area (Å²) < 4.78 is 33.9. The highest BCUT2D eigenvalue weighted by molar-refractivity contribution is 7.90. The third-order valence-electron chi connectivity index (χ3n) is 6.20. The van der Waals surface area contributed by atoms with Crippen LogP contribution in [-0.2, 0) is 10.0 Å². The van der Waals surface area contributed by atoms with E-state index in [2.05, 4.69) is 9.71 Å². The normalized spacial score (nSPS) is 14.5. The first-order valence-electron chi connectivity index (χ1n) is 11.7. The minimum atomic E-state index is -4.25. The molecule has 2 aromatic heterocycles. The van der Waals surface area contributed by atoms with Crippen LogP contribution < -0.4 is 15.2 Å². The molecule has 0 radical (unpaired) electrons. The van der Waals surface area contributed by atoms with Gasteiger partial charge in [-0.3, -0.25) is 4.79 Å². The predicted molar refractivity (Wildman–Crippen MR) is 134 cm³/mol. The highest BCUT2D eigenvalue weighted by atomic mass is 32.2. The Hall–Kier alpha value is -3.46. The van der Waals surface area contributed by atoms with Crippen molar-refractivity contribution in [3.05, 3.63) is 70.4 Å². The number of benzene rings is 1. The molecule has 4 rings (SSSR count). The molecule has 0 unspecified atom stereocenters. The maximum Gasteiger partial charge on any atom is 0.281 e. The van der Waals surface area contributed by atoms with Crippen LogP contribution in [0.5, 0.6) is 11.6 Å². The van der Waals surface area contributed by atoms with E-state index >= 15 is 0 Å². The number of nitrogens with zero attached hydrogens (tertiary/aromatic N) is 2. The number of nitrogen functional groups attached to an aromatic ring is 1. The number of carbonyl (C=O) groups excluding carboxylic acids is 1. The predicted octanol–water partition coefficient (Wildman–Crippen LogP) is 4.94. The molecule has 1 aliphatic carbocycles. The maximum absolute atomic E-state index is 13.2. The van der Waals surface area contributed by atoms with Crippen LogP contribution in [0.25, 0.3) is 0 Å². The number of ether oxygens (including phenoxy) is 1. The number of rotatable bonds is 6. The fraction of sp³-hybridized carbons (Fsp3) is 0.346. The molecule has 3 N–H and O–H groups in total. The lowest BCUT2D eigenvalue weighted by Crippen LogP contribution is -2.31. The van der Waals surface area contributed by atoms with Gasteiger partial charge in [-0.05, 0) is 69.0 Å². The van der Waals surface area contributed by atoms with Crippen LogP contribution in [0.15, 0.2) is 47.5 Å². The largest absolute Gasteiger partial charge is 0.438 e. The van der Waals surface area contributed by atoms with Gasteiger partial charge in [-0.1, -0.05) is 43.0 Å². The van der Waals surface area contributed by atoms with E-state index in [0.29, 0.717) is 5.75 Å². The topological polar surface area (TPSA) is 124 Å². The van der Waals surface area contributed by atoms with Gasteiger partial charge in [-0.25, -0.2) is 14.7 Å². The summed E-state index contributed by atoms with van der Waals surface area (Å²) in [7, 11) is -4.25. The van der Waals surface area contributed by atoms with Crippen molar-refractivity contribution in [1.29, 1.82) is 0 Å². The molecule has 1 amide bonds. The molecule has 35 heavy (non-hydrogen) atoms. The van der Waals surface area contributed by atoms with E-state index in [-0.39, 0.29) is 28.2 Å².